The molecule has 0 spiro atoms. The minimum atomic E-state index is -3.62. The van der Waals surface area contributed by atoms with Gasteiger partial charge in [0.2, 0.25) is 10.0 Å². The van der Waals surface area contributed by atoms with Crippen molar-refractivity contribution >= 4 is 27.0 Å². The predicted molar refractivity (Wildman–Crippen MR) is 138 cm³/mol. The van der Waals surface area contributed by atoms with E-state index in [2.05, 4.69) is 0 Å². The number of sulfonamides is 1. The third kappa shape index (κ3) is 5.12. The maximum absolute atomic E-state index is 13.2. The van der Waals surface area contributed by atoms with Crippen molar-refractivity contribution in [1.29, 1.82) is 0 Å². The van der Waals surface area contributed by atoms with Gasteiger partial charge in [-0.25, -0.2) is 13.4 Å². The lowest BCUT2D eigenvalue weighted by Crippen LogP contribution is -2.37. The van der Waals surface area contributed by atoms with E-state index in [9.17, 15) is 18.3 Å². The fraction of sp³-hybridized carbons (Fsp3) is 0.333. The molecule has 1 aliphatic heterocycles. The maximum atomic E-state index is 13.2. The van der Waals surface area contributed by atoms with Gasteiger partial charge in [-0.15, -0.1) is 0 Å². The molecule has 0 bridgehead atoms. The minimum absolute atomic E-state index is 0.00913. The van der Waals surface area contributed by atoms with Crippen molar-refractivity contribution in [3.8, 4) is 17.2 Å². The molecule has 0 radical (unpaired) electrons. The van der Waals surface area contributed by atoms with E-state index >= 15 is 0 Å². The molecule has 4 heterocycles. The molecular weight excluding hydrogens is 494 g/mol. The van der Waals surface area contributed by atoms with Gasteiger partial charge < -0.3 is 18.8 Å². The topological polar surface area (TPSA) is 115 Å². The summed E-state index contributed by atoms with van der Waals surface area (Å²) in [4.78, 5) is 16.5. The van der Waals surface area contributed by atoms with Gasteiger partial charge in [0, 0.05) is 24.7 Å². The predicted octanol–water partition coefficient (Wildman–Crippen LogP) is 4.74. The Morgan fingerprint density at radius 3 is 2.49 bits per heavy atom. The number of carboxylic acid groups (broad SMARTS) is 1. The lowest BCUT2D eigenvalue weighted by Gasteiger charge is -2.31. The van der Waals surface area contributed by atoms with E-state index in [4.69, 9.17) is 14.1 Å². The molecule has 1 saturated heterocycles. The zero-order valence-electron chi connectivity index (χ0n) is 20.7. The van der Waals surface area contributed by atoms with Gasteiger partial charge in [-0.2, -0.15) is 4.31 Å². The van der Waals surface area contributed by atoms with Gasteiger partial charge in [0.1, 0.15) is 23.6 Å². The van der Waals surface area contributed by atoms with Gasteiger partial charge in [-0.1, -0.05) is 0 Å². The summed E-state index contributed by atoms with van der Waals surface area (Å²) < 4.78 is 40.7. The Bertz CT molecular complexity index is 1500. The largest absolute Gasteiger partial charge is 0.491 e. The number of piperidine rings is 1. The minimum Gasteiger partial charge on any atom is -0.491 e. The van der Waals surface area contributed by atoms with Crippen LogP contribution in [0.2, 0.25) is 0 Å². The summed E-state index contributed by atoms with van der Waals surface area (Å²) in [6.45, 7) is 4.38. The van der Waals surface area contributed by atoms with E-state index in [0.29, 0.717) is 48.8 Å². The molecule has 1 N–H and O–H groups in total. The first-order valence-electron chi connectivity index (χ1n) is 12.2. The zero-order chi connectivity index (χ0) is 26.2. The number of benzene rings is 1. The summed E-state index contributed by atoms with van der Waals surface area (Å²) in [6, 6.07) is 13.9. The monoisotopic (exact) mass is 523 g/mol. The van der Waals surface area contributed by atoms with Gasteiger partial charge in [-0.05, 0) is 86.7 Å². The first kappa shape index (κ1) is 25.0. The van der Waals surface area contributed by atoms with Crippen LogP contribution >= 0.6 is 0 Å². The quantitative estimate of drug-likeness (QED) is 0.355. The molecule has 3 aromatic heterocycles. The van der Waals surface area contributed by atoms with E-state index in [1.807, 2.05) is 32.2 Å². The standard InChI is InChI=1S/C27H29N3O6S/c1-18(2)36-20-5-7-21(8-6-20)37(33,34)30-13-11-19(12-14-30)23-16-29(17-26(31)32)27-22(23)9-10-24(28-27)25-4-3-15-35-25/h3-10,15-16,18-19H,11-14,17H2,1-2H3,(H,31,32). The van der Waals surface area contributed by atoms with Gasteiger partial charge >= 0.3 is 5.97 Å². The summed E-state index contributed by atoms with van der Waals surface area (Å²) in [7, 11) is -3.62. The number of carboxylic acids is 1. The highest BCUT2D eigenvalue weighted by molar-refractivity contribution is 7.89. The highest BCUT2D eigenvalue weighted by atomic mass is 32.2. The highest BCUT2D eigenvalue weighted by Crippen LogP contribution is 2.36. The molecule has 9 nitrogen and oxygen atoms in total. The van der Waals surface area contributed by atoms with Crippen LogP contribution in [-0.4, -0.2) is 52.5 Å². The molecule has 1 aromatic carbocycles. The number of aromatic nitrogens is 2. The van der Waals surface area contributed by atoms with Gasteiger partial charge in [0.25, 0.3) is 0 Å². The van der Waals surface area contributed by atoms with Gasteiger partial charge in [-0.3, -0.25) is 4.79 Å². The fourth-order valence-corrected chi connectivity index (χ4v) is 6.33. The Morgan fingerprint density at radius 1 is 1.14 bits per heavy atom. The molecule has 0 saturated carbocycles. The molecule has 0 atom stereocenters. The van der Waals surface area contributed by atoms with Crippen LogP contribution in [0.15, 0.2) is 70.3 Å². The summed E-state index contributed by atoms with van der Waals surface area (Å²) in [6.07, 6.45) is 4.67. The molecule has 10 heteroatoms. The first-order valence-corrected chi connectivity index (χ1v) is 13.7. The van der Waals surface area contributed by atoms with E-state index < -0.39 is 16.0 Å². The lowest BCUT2D eigenvalue weighted by atomic mass is 9.90. The van der Waals surface area contributed by atoms with E-state index in [-0.39, 0.29) is 23.5 Å². The third-order valence-corrected chi connectivity index (χ3v) is 8.47. The number of furan rings is 1. The third-order valence-electron chi connectivity index (χ3n) is 6.56. The normalized spacial score (nSPS) is 15.4. The molecular formula is C27H29N3O6S. The number of aliphatic carboxylic acids is 1. The van der Waals surface area contributed by atoms with E-state index in [1.54, 1.807) is 47.2 Å². The number of hydrogen-bond acceptors (Lipinski definition) is 6. The van der Waals surface area contributed by atoms with E-state index in [0.717, 1.165) is 10.9 Å². The van der Waals surface area contributed by atoms with Crippen LogP contribution in [0.5, 0.6) is 5.75 Å². The molecule has 1 aliphatic rings. The second-order valence-corrected chi connectivity index (χ2v) is 11.4. The summed E-state index contributed by atoms with van der Waals surface area (Å²) in [5, 5.41) is 10.3. The lowest BCUT2D eigenvalue weighted by molar-refractivity contribution is -0.137. The zero-order valence-corrected chi connectivity index (χ0v) is 21.5. The van der Waals surface area contributed by atoms with Crippen molar-refractivity contribution in [2.24, 2.45) is 0 Å². The first-order chi connectivity index (χ1) is 17.7. The van der Waals surface area contributed by atoms with Crippen molar-refractivity contribution < 1.29 is 27.5 Å². The molecule has 0 amide bonds. The van der Waals surface area contributed by atoms with Gasteiger partial charge in [0.05, 0.1) is 17.3 Å². The van der Waals surface area contributed by atoms with Crippen LogP contribution in [0, 0.1) is 0 Å². The maximum Gasteiger partial charge on any atom is 0.323 e. The Balaban J connectivity index is 1.37. The van der Waals surface area contributed by atoms with Crippen molar-refractivity contribution in [3.63, 3.8) is 0 Å². The second-order valence-electron chi connectivity index (χ2n) is 9.47. The molecule has 0 aliphatic carbocycles. The number of rotatable bonds is 8. The van der Waals surface area contributed by atoms with Crippen molar-refractivity contribution in [3.05, 3.63) is 66.6 Å². The summed E-state index contributed by atoms with van der Waals surface area (Å²) >= 11 is 0. The van der Waals surface area contributed by atoms with E-state index in [1.165, 1.54) is 4.31 Å². The Morgan fingerprint density at radius 2 is 1.86 bits per heavy atom. The summed E-state index contributed by atoms with van der Waals surface area (Å²) in [5.74, 6) is 0.365. The van der Waals surface area contributed by atoms with Crippen LogP contribution in [0.4, 0.5) is 0 Å². The number of carbonyl (C=O) groups is 1. The molecule has 4 aromatic rings. The smallest absolute Gasteiger partial charge is 0.323 e. The Kier molecular flexibility index (Phi) is 6.78. The highest BCUT2D eigenvalue weighted by Gasteiger charge is 2.31. The Labute approximate surface area is 215 Å². The number of hydrogen-bond donors (Lipinski definition) is 1. The van der Waals surface area contributed by atoms with Crippen molar-refractivity contribution in [2.45, 2.75) is 50.2 Å². The number of nitrogens with zero attached hydrogens (tertiary/aromatic N) is 3. The van der Waals surface area contributed by atoms with Crippen LogP contribution in [0.25, 0.3) is 22.5 Å². The Hall–Kier alpha value is -3.63. The molecule has 194 valence electrons. The van der Waals surface area contributed by atoms with Crippen LogP contribution in [-0.2, 0) is 21.4 Å². The summed E-state index contributed by atoms with van der Waals surface area (Å²) in [5.41, 5.74) is 2.19. The fourth-order valence-electron chi connectivity index (χ4n) is 4.86. The van der Waals surface area contributed by atoms with Crippen molar-refractivity contribution in [1.82, 2.24) is 13.9 Å². The average Bonchev–Trinajstić information content (AvgIpc) is 3.52. The molecule has 1 fully saturated rings. The van der Waals surface area contributed by atoms with Crippen LogP contribution in [0.3, 0.4) is 0 Å². The average molecular weight is 524 g/mol. The number of ether oxygens (including phenoxy) is 1. The van der Waals surface area contributed by atoms with Crippen molar-refractivity contribution in [2.75, 3.05) is 13.1 Å². The SMILES string of the molecule is CC(C)Oc1ccc(S(=O)(=O)N2CCC(c3cn(CC(=O)O)c4nc(-c5ccco5)ccc34)CC2)cc1. The van der Waals surface area contributed by atoms with Crippen LogP contribution in [0.1, 0.15) is 38.2 Å². The molecule has 0 unspecified atom stereocenters. The van der Waals surface area contributed by atoms with Crippen LogP contribution < -0.4 is 4.74 Å². The van der Waals surface area contributed by atoms with Gasteiger partial charge in [0.15, 0.2) is 5.76 Å². The number of pyridine rings is 1. The second kappa shape index (κ2) is 10.0. The molecule has 5 rings (SSSR count). The molecule has 37 heavy (non-hydrogen) atoms. The number of fused-ring (bicyclic) bond motifs is 1.